The molecular formula is C8H11NO5S. The van der Waals surface area contributed by atoms with Gasteiger partial charge in [0, 0.05) is 13.6 Å². The van der Waals surface area contributed by atoms with Gasteiger partial charge < -0.3 is 9.52 Å². The molecule has 0 aromatic carbocycles. The summed E-state index contributed by atoms with van der Waals surface area (Å²) in [5.74, 6) is -1.69. The van der Waals surface area contributed by atoms with E-state index in [9.17, 15) is 13.2 Å². The van der Waals surface area contributed by atoms with Crippen molar-refractivity contribution in [1.29, 1.82) is 0 Å². The van der Waals surface area contributed by atoms with E-state index in [1.807, 2.05) is 0 Å². The number of carboxylic acid groups (broad SMARTS) is 1. The van der Waals surface area contributed by atoms with Crippen LogP contribution < -0.4 is 0 Å². The molecule has 1 N–H and O–H groups in total. The van der Waals surface area contributed by atoms with Gasteiger partial charge in [-0.3, -0.25) is 0 Å². The highest BCUT2D eigenvalue weighted by Gasteiger charge is 2.24. The molecule has 0 radical (unpaired) electrons. The molecule has 0 unspecified atom stereocenters. The normalized spacial score (nSPS) is 11.9. The summed E-state index contributed by atoms with van der Waals surface area (Å²) < 4.78 is 29.0. The van der Waals surface area contributed by atoms with Crippen molar-refractivity contribution in [1.82, 2.24) is 4.31 Å². The zero-order valence-corrected chi connectivity index (χ0v) is 9.11. The van der Waals surface area contributed by atoms with Gasteiger partial charge in [0.15, 0.2) is 0 Å². The zero-order chi connectivity index (χ0) is 11.6. The molecule has 0 aliphatic carbocycles. The smallest absolute Gasteiger partial charge is 0.371 e. The van der Waals surface area contributed by atoms with E-state index in [1.54, 1.807) is 6.92 Å². The molecule has 7 heteroatoms. The molecule has 0 fully saturated rings. The van der Waals surface area contributed by atoms with Gasteiger partial charge in [0.1, 0.15) is 0 Å². The van der Waals surface area contributed by atoms with E-state index in [0.29, 0.717) is 0 Å². The van der Waals surface area contributed by atoms with Crippen molar-refractivity contribution in [3.05, 3.63) is 17.9 Å². The van der Waals surface area contributed by atoms with E-state index < -0.39 is 21.8 Å². The average Bonchev–Trinajstić information content (AvgIpc) is 2.65. The minimum Gasteiger partial charge on any atom is -0.475 e. The van der Waals surface area contributed by atoms with E-state index in [0.717, 1.165) is 16.4 Å². The van der Waals surface area contributed by atoms with Crippen molar-refractivity contribution in [2.24, 2.45) is 0 Å². The highest BCUT2D eigenvalue weighted by molar-refractivity contribution is 7.89. The number of carboxylic acids is 1. The lowest BCUT2D eigenvalue weighted by molar-refractivity contribution is 0.0656. The number of furan rings is 1. The predicted octanol–water partition coefficient (Wildman–Crippen LogP) is 0.618. The molecule has 84 valence electrons. The van der Waals surface area contributed by atoms with Gasteiger partial charge in [0.05, 0.1) is 0 Å². The van der Waals surface area contributed by atoms with Crippen molar-refractivity contribution in [3.63, 3.8) is 0 Å². The summed E-state index contributed by atoms with van der Waals surface area (Å²) in [5, 5.41) is 8.20. The number of hydrogen-bond donors (Lipinski definition) is 1. The molecule has 1 aromatic rings. The Kier molecular flexibility index (Phi) is 3.15. The van der Waals surface area contributed by atoms with Gasteiger partial charge in [-0.15, -0.1) is 0 Å². The van der Waals surface area contributed by atoms with Crippen LogP contribution in [0.2, 0.25) is 0 Å². The Morgan fingerprint density at radius 3 is 2.53 bits per heavy atom. The lowest BCUT2D eigenvalue weighted by Crippen LogP contribution is -2.26. The third-order valence-electron chi connectivity index (χ3n) is 1.90. The predicted molar refractivity (Wildman–Crippen MR) is 51.2 cm³/mol. The summed E-state index contributed by atoms with van der Waals surface area (Å²) in [7, 11) is -2.31. The fourth-order valence-corrected chi connectivity index (χ4v) is 1.98. The van der Waals surface area contributed by atoms with Crippen LogP contribution in [-0.2, 0) is 10.0 Å². The highest BCUT2D eigenvalue weighted by atomic mass is 32.2. The van der Waals surface area contributed by atoms with Crippen LogP contribution in [0.4, 0.5) is 0 Å². The summed E-state index contributed by atoms with van der Waals surface area (Å²) in [6.45, 7) is 1.95. The molecule has 15 heavy (non-hydrogen) atoms. The van der Waals surface area contributed by atoms with Crippen LogP contribution in [-0.4, -0.2) is 37.4 Å². The molecular weight excluding hydrogens is 222 g/mol. The first-order chi connectivity index (χ1) is 6.89. The molecule has 1 heterocycles. The molecule has 0 aliphatic rings. The van der Waals surface area contributed by atoms with Gasteiger partial charge in [0.25, 0.3) is 10.0 Å². The van der Waals surface area contributed by atoms with Crippen molar-refractivity contribution in [2.45, 2.75) is 12.0 Å². The minimum atomic E-state index is -3.70. The van der Waals surface area contributed by atoms with Crippen molar-refractivity contribution in [2.75, 3.05) is 13.6 Å². The Balaban J connectivity index is 3.12. The van der Waals surface area contributed by atoms with Crippen LogP contribution in [0.5, 0.6) is 0 Å². The van der Waals surface area contributed by atoms with E-state index in [1.165, 1.54) is 7.05 Å². The second kappa shape index (κ2) is 4.03. The molecule has 1 aromatic heterocycles. The van der Waals surface area contributed by atoms with Crippen LogP contribution in [0.15, 0.2) is 21.6 Å². The first-order valence-electron chi connectivity index (χ1n) is 4.19. The van der Waals surface area contributed by atoms with Crippen LogP contribution in [0.25, 0.3) is 0 Å². The first kappa shape index (κ1) is 11.7. The second-order valence-corrected chi connectivity index (χ2v) is 4.82. The highest BCUT2D eigenvalue weighted by Crippen LogP contribution is 2.17. The topological polar surface area (TPSA) is 87.8 Å². The minimum absolute atomic E-state index is 0.283. The zero-order valence-electron chi connectivity index (χ0n) is 8.30. The third kappa shape index (κ3) is 2.18. The van der Waals surface area contributed by atoms with E-state index in [-0.39, 0.29) is 11.6 Å². The molecule has 0 atom stereocenters. The molecule has 0 saturated heterocycles. The maximum atomic E-state index is 11.6. The van der Waals surface area contributed by atoms with Crippen molar-refractivity contribution >= 4 is 16.0 Å². The monoisotopic (exact) mass is 233 g/mol. The van der Waals surface area contributed by atoms with Crippen molar-refractivity contribution in [3.8, 4) is 0 Å². The van der Waals surface area contributed by atoms with Gasteiger partial charge in [-0.1, -0.05) is 6.92 Å². The van der Waals surface area contributed by atoms with Gasteiger partial charge in [-0.25, -0.2) is 13.2 Å². The molecule has 0 amide bonds. The summed E-state index contributed by atoms with van der Waals surface area (Å²) in [5.41, 5.74) is 0. The number of rotatable bonds is 4. The Morgan fingerprint density at radius 1 is 1.53 bits per heavy atom. The lowest BCUT2D eigenvalue weighted by Gasteiger charge is -2.11. The molecule has 0 aliphatic heterocycles. The second-order valence-electron chi connectivity index (χ2n) is 2.84. The first-order valence-corrected chi connectivity index (χ1v) is 5.63. The van der Waals surface area contributed by atoms with E-state index in [2.05, 4.69) is 0 Å². The largest absolute Gasteiger partial charge is 0.475 e. The molecule has 0 spiro atoms. The van der Waals surface area contributed by atoms with E-state index in [4.69, 9.17) is 9.52 Å². The Labute approximate surface area is 87.2 Å². The fraction of sp³-hybridized carbons (Fsp3) is 0.375. The summed E-state index contributed by atoms with van der Waals surface area (Å²) in [6.07, 6.45) is 0. The molecule has 0 saturated carbocycles. The molecule has 1 rings (SSSR count). The summed E-state index contributed by atoms with van der Waals surface area (Å²) >= 11 is 0. The van der Waals surface area contributed by atoms with Crippen LogP contribution in [0, 0.1) is 0 Å². The Hall–Kier alpha value is -1.34. The quantitative estimate of drug-likeness (QED) is 0.823. The maximum Gasteiger partial charge on any atom is 0.371 e. The number of hydrogen-bond acceptors (Lipinski definition) is 4. The Bertz CT molecular complexity index is 461. The standard InChI is InChI=1S/C8H11NO5S/c1-3-9(2)15(12,13)7-5-4-6(14-7)8(10)11/h4-5H,3H2,1-2H3,(H,10,11). The van der Waals surface area contributed by atoms with Gasteiger partial charge in [0.2, 0.25) is 10.9 Å². The SMILES string of the molecule is CCN(C)S(=O)(=O)c1ccc(C(=O)O)o1. The third-order valence-corrected chi connectivity index (χ3v) is 3.71. The molecule has 0 bridgehead atoms. The van der Waals surface area contributed by atoms with Crippen molar-refractivity contribution < 1.29 is 22.7 Å². The lowest BCUT2D eigenvalue weighted by atomic mass is 10.5. The van der Waals surface area contributed by atoms with Crippen LogP contribution in [0.3, 0.4) is 0 Å². The van der Waals surface area contributed by atoms with E-state index >= 15 is 0 Å². The van der Waals surface area contributed by atoms with Crippen LogP contribution in [0.1, 0.15) is 17.5 Å². The number of carbonyl (C=O) groups is 1. The van der Waals surface area contributed by atoms with Crippen LogP contribution >= 0.6 is 0 Å². The maximum absolute atomic E-state index is 11.6. The number of sulfonamides is 1. The van der Waals surface area contributed by atoms with Gasteiger partial charge in [-0.2, -0.15) is 4.31 Å². The van der Waals surface area contributed by atoms with Gasteiger partial charge >= 0.3 is 5.97 Å². The number of nitrogens with zero attached hydrogens (tertiary/aromatic N) is 1. The Morgan fingerprint density at radius 2 is 2.13 bits per heavy atom. The number of aromatic carboxylic acids is 1. The van der Waals surface area contributed by atoms with Gasteiger partial charge in [-0.05, 0) is 12.1 Å². The average molecular weight is 233 g/mol. The fourth-order valence-electron chi connectivity index (χ4n) is 0.897. The summed E-state index contributed by atoms with van der Waals surface area (Å²) in [4.78, 5) is 10.5. The summed E-state index contributed by atoms with van der Waals surface area (Å²) in [6, 6.07) is 2.24. The molecule has 6 nitrogen and oxygen atoms in total.